The number of benzene rings is 2. The van der Waals surface area contributed by atoms with Crippen LogP contribution in [-0.4, -0.2) is 36.9 Å². The number of nitrogens with one attached hydrogen (secondary N) is 1. The molecular formula is C25H33ClN2O3. The summed E-state index contributed by atoms with van der Waals surface area (Å²) < 4.78 is 5.59. The number of aliphatic carboxylic acids is 1. The van der Waals surface area contributed by atoms with E-state index in [4.69, 9.17) is 16.3 Å². The monoisotopic (exact) mass is 444 g/mol. The molecule has 0 radical (unpaired) electrons. The van der Waals surface area contributed by atoms with Crippen molar-refractivity contribution in [2.24, 2.45) is 0 Å². The molecule has 2 aromatic rings. The van der Waals surface area contributed by atoms with Crippen LogP contribution < -0.4 is 10.2 Å². The van der Waals surface area contributed by atoms with E-state index >= 15 is 0 Å². The van der Waals surface area contributed by atoms with Crippen molar-refractivity contribution in [1.82, 2.24) is 0 Å². The van der Waals surface area contributed by atoms with E-state index < -0.39 is 5.97 Å². The summed E-state index contributed by atoms with van der Waals surface area (Å²) in [4.78, 5) is 13.9. The van der Waals surface area contributed by atoms with Crippen LogP contribution in [0.4, 0.5) is 17.1 Å². The fourth-order valence-electron chi connectivity index (χ4n) is 4.29. The van der Waals surface area contributed by atoms with Gasteiger partial charge in [0.25, 0.3) is 0 Å². The minimum absolute atomic E-state index is 0.0139. The Balaban J connectivity index is 2.00. The van der Waals surface area contributed by atoms with Gasteiger partial charge in [-0.05, 0) is 73.6 Å². The highest BCUT2D eigenvalue weighted by Crippen LogP contribution is 2.36. The summed E-state index contributed by atoms with van der Waals surface area (Å²) in [5.41, 5.74) is 4.16. The van der Waals surface area contributed by atoms with Gasteiger partial charge in [0.15, 0.2) is 0 Å². The lowest BCUT2D eigenvalue weighted by molar-refractivity contribution is -0.137. The standard InChI is InChI=1S/C25H33ClN2O3/c1-3-13-28(22-11-14-31-15-12-22)24-10-5-19(18(4-2)17-25(29)30)16-23(24)27-21-8-6-20(26)7-9-21/h5-10,16,18,22,27H,3-4,11-15,17H2,1-2H3,(H,29,30)/t18-/m1/s1. The van der Waals surface area contributed by atoms with Gasteiger partial charge in [0.1, 0.15) is 0 Å². The summed E-state index contributed by atoms with van der Waals surface area (Å²) in [5.74, 6) is -0.780. The van der Waals surface area contributed by atoms with E-state index in [9.17, 15) is 9.90 Å². The molecule has 0 saturated carbocycles. The predicted octanol–water partition coefficient (Wildman–Crippen LogP) is 6.45. The molecule has 3 rings (SSSR count). The Kier molecular flexibility index (Phi) is 8.61. The van der Waals surface area contributed by atoms with Gasteiger partial charge in [-0.2, -0.15) is 0 Å². The van der Waals surface area contributed by atoms with E-state index in [1.807, 2.05) is 31.2 Å². The van der Waals surface area contributed by atoms with Gasteiger partial charge in [-0.15, -0.1) is 0 Å². The molecule has 0 aliphatic carbocycles. The van der Waals surface area contributed by atoms with Crippen molar-refractivity contribution in [2.45, 2.75) is 57.9 Å². The molecule has 1 aliphatic heterocycles. The Hall–Kier alpha value is -2.24. The molecule has 2 N–H and O–H groups in total. The van der Waals surface area contributed by atoms with Gasteiger partial charge >= 0.3 is 5.97 Å². The van der Waals surface area contributed by atoms with Crippen molar-refractivity contribution in [2.75, 3.05) is 30.0 Å². The van der Waals surface area contributed by atoms with Gasteiger partial charge in [0, 0.05) is 36.5 Å². The van der Waals surface area contributed by atoms with E-state index in [0.29, 0.717) is 11.1 Å². The van der Waals surface area contributed by atoms with Crippen LogP contribution in [0, 0.1) is 0 Å². The van der Waals surface area contributed by atoms with Crippen LogP contribution >= 0.6 is 11.6 Å². The summed E-state index contributed by atoms with van der Waals surface area (Å²) in [6.07, 6.45) is 3.99. The number of rotatable bonds is 10. The summed E-state index contributed by atoms with van der Waals surface area (Å²) in [6.45, 7) is 6.79. The average molecular weight is 445 g/mol. The van der Waals surface area contributed by atoms with Gasteiger partial charge in [0.05, 0.1) is 17.8 Å². The number of ether oxygens (including phenoxy) is 1. The Morgan fingerprint density at radius 3 is 2.52 bits per heavy atom. The average Bonchev–Trinajstić information content (AvgIpc) is 2.78. The number of nitrogens with zero attached hydrogens (tertiary/aromatic N) is 1. The van der Waals surface area contributed by atoms with Crippen molar-refractivity contribution in [3.05, 3.63) is 53.1 Å². The van der Waals surface area contributed by atoms with Crippen molar-refractivity contribution in [1.29, 1.82) is 0 Å². The van der Waals surface area contributed by atoms with E-state index in [1.165, 1.54) is 0 Å². The molecule has 1 fully saturated rings. The smallest absolute Gasteiger partial charge is 0.303 e. The molecule has 0 unspecified atom stereocenters. The second kappa shape index (κ2) is 11.4. The Morgan fingerprint density at radius 2 is 1.90 bits per heavy atom. The number of hydrogen-bond acceptors (Lipinski definition) is 4. The first-order valence-corrected chi connectivity index (χ1v) is 11.6. The molecule has 1 saturated heterocycles. The first-order chi connectivity index (χ1) is 15.0. The first kappa shape index (κ1) is 23.4. The Bertz CT molecular complexity index is 850. The van der Waals surface area contributed by atoms with Crippen LogP contribution in [0.3, 0.4) is 0 Å². The van der Waals surface area contributed by atoms with Gasteiger partial charge in [-0.1, -0.05) is 31.5 Å². The zero-order valence-electron chi connectivity index (χ0n) is 18.4. The zero-order chi connectivity index (χ0) is 22.2. The quantitative estimate of drug-likeness (QED) is 0.441. The van der Waals surface area contributed by atoms with Gasteiger partial charge in [-0.3, -0.25) is 4.79 Å². The zero-order valence-corrected chi connectivity index (χ0v) is 19.2. The molecule has 31 heavy (non-hydrogen) atoms. The Morgan fingerprint density at radius 1 is 1.19 bits per heavy atom. The third-order valence-electron chi connectivity index (χ3n) is 5.93. The SMILES string of the molecule is CCCN(c1ccc([C@H](CC)CC(=O)O)cc1Nc1ccc(Cl)cc1)C1CCOCC1. The number of anilines is 3. The Labute approximate surface area is 190 Å². The van der Waals surface area contributed by atoms with Crippen LogP contribution in [0.5, 0.6) is 0 Å². The van der Waals surface area contributed by atoms with Crippen molar-refractivity contribution in [3.8, 4) is 0 Å². The molecule has 0 bridgehead atoms. The molecule has 6 heteroatoms. The maximum absolute atomic E-state index is 11.4. The van der Waals surface area contributed by atoms with Crippen LogP contribution in [0.2, 0.25) is 5.02 Å². The van der Waals surface area contributed by atoms with Crippen LogP contribution in [0.15, 0.2) is 42.5 Å². The van der Waals surface area contributed by atoms with E-state index in [1.54, 1.807) is 0 Å². The fourth-order valence-corrected chi connectivity index (χ4v) is 4.42. The highest BCUT2D eigenvalue weighted by atomic mass is 35.5. The van der Waals surface area contributed by atoms with Crippen molar-refractivity contribution >= 4 is 34.6 Å². The molecule has 5 nitrogen and oxygen atoms in total. The molecule has 0 amide bonds. The second-order valence-electron chi connectivity index (χ2n) is 8.15. The van der Waals surface area contributed by atoms with Crippen LogP contribution in [0.25, 0.3) is 0 Å². The summed E-state index contributed by atoms with van der Waals surface area (Å²) in [7, 11) is 0. The van der Waals surface area contributed by atoms with E-state index in [0.717, 1.165) is 68.1 Å². The number of carboxylic acid groups (broad SMARTS) is 1. The third kappa shape index (κ3) is 6.37. The van der Waals surface area contributed by atoms with E-state index in [-0.39, 0.29) is 12.3 Å². The lowest BCUT2D eigenvalue weighted by Gasteiger charge is -2.37. The van der Waals surface area contributed by atoms with Crippen LogP contribution in [0.1, 0.15) is 57.4 Å². The molecule has 1 aliphatic rings. The second-order valence-corrected chi connectivity index (χ2v) is 8.58. The predicted molar refractivity (Wildman–Crippen MR) is 128 cm³/mol. The molecule has 1 atom stereocenters. The molecule has 2 aromatic carbocycles. The molecule has 0 spiro atoms. The van der Waals surface area contributed by atoms with Gasteiger partial charge < -0.3 is 20.1 Å². The summed E-state index contributed by atoms with van der Waals surface area (Å²) in [6, 6.07) is 14.5. The van der Waals surface area contributed by atoms with Crippen molar-refractivity contribution < 1.29 is 14.6 Å². The highest BCUT2D eigenvalue weighted by molar-refractivity contribution is 6.30. The highest BCUT2D eigenvalue weighted by Gasteiger charge is 2.24. The molecular weight excluding hydrogens is 412 g/mol. The van der Waals surface area contributed by atoms with Crippen LogP contribution in [-0.2, 0) is 9.53 Å². The number of hydrogen-bond donors (Lipinski definition) is 2. The van der Waals surface area contributed by atoms with Gasteiger partial charge in [-0.25, -0.2) is 0 Å². The van der Waals surface area contributed by atoms with E-state index in [2.05, 4.69) is 35.3 Å². The minimum Gasteiger partial charge on any atom is -0.481 e. The maximum Gasteiger partial charge on any atom is 0.303 e. The van der Waals surface area contributed by atoms with Crippen molar-refractivity contribution in [3.63, 3.8) is 0 Å². The fraction of sp³-hybridized carbons (Fsp3) is 0.480. The number of halogens is 1. The molecule has 0 aromatic heterocycles. The lowest BCUT2D eigenvalue weighted by Crippen LogP contribution is -2.40. The normalized spacial score (nSPS) is 15.5. The molecule has 168 valence electrons. The largest absolute Gasteiger partial charge is 0.481 e. The minimum atomic E-state index is -0.766. The number of carbonyl (C=O) groups is 1. The lowest BCUT2D eigenvalue weighted by atomic mass is 9.92. The maximum atomic E-state index is 11.4. The number of carboxylic acids is 1. The molecule has 1 heterocycles. The third-order valence-corrected chi connectivity index (χ3v) is 6.19. The summed E-state index contributed by atoms with van der Waals surface area (Å²) >= 11 is 6.07. The van der Waals surface area contributed by atoms with Gasteiger partial charge in [0.2, 0.25) is 0 Å². The summed E-state index contributed by atoms with van der Waals surface area (Å²) in [5, 5.41) is 13.6. The first-order valence-electron chi connectivity index (χ1n) is 11.2. The topological polar surface area (TPSA) is 61.8 Å².